The van der Waals surface area contributed by atoms with Crippen molar-refractivity contribution in [3.05, 3.63) is 76.1 Å². The SMILES string of the molecule is CCN(CC)CCN1C(=O)C(=O)C(=C(O)c2ccc(C)c(F)c2)C1c1ccc(C(=O)OC)cc1. The van der Waals surface area contributed by atoms with E-state index < -0.39 is 35.3 Å². The molecule has 2 aromatic carbocycles. The maximum absolute atomic E-state index is 14.2. The Kier molecular flexibility index (Phi) is 7.83. The van der Waals surface area contributed by atoms with Gasteiger partial charge in [0.05, 0.1) is 24.3 Å². The first kappa shape index (κ1) is 25.1. The fourth-order valence-corrected chi connectivity index (χ4v) is 4.06. The molecule has 1 fully saturated rings. The van der Waals surface area contributed by atoms with Crippen LogP contribution >= 0.6 is 0 Å². The van der Waals surface area contributed by atoms with Crippen LogP contribution in [0.2, 0.25) is 0 Å². The van der Waals surface area contributed by atoms with Crippen LogP contribution in [0.5, 0.6) is 0 Å². The van der Waals surface area contributed by atoms with Gasteiger partial charge in [-0.15, -0.1) is 0 Å². The Balaban J connectivity index is 2.11. The molecule has 7 nitrogen and oxygen atoms in total. The quantitative estimate of drug-likeness (QED) is 0.275. The second-order valence-corrected chi connectivity index (χ2v) is 8.10. The van der Waals surface area contributed by atoms with Crippen molar-refractivity contribution in [1.29, 1.82) is 0 Å². The smallest absolute Gasteiger partial charge is 0.337 e. The van der Waals surface area contributed by atoms with Crippen LogP contribution in [0, 0.1) is 12.7 Å². The van der Waals surface area contributed by atoms with Crippen molar-refractivity contribution in [1.82, 2.24) is 9.80 Å². The number of likely N-dealkylation sites (N-methyl/N-ethyl adjacent to an activating group) is 1. The summed E-state index contributed by atoms with van der Waals surface area (Å²) < 4.78 is 18.9. The van der Waals surface area contributed by atoms with Crippen LogP contribution in [-0.2, 0) is 14.3 Å². The topological polar surface area (TPSA) is 87.2 Å². The average Bonchev–Trinajstić information content (AvgIpc) is 3.10. The van der Waals surface area contributed by atoms with Crippen LogP contribution in [-0.4, -0.2) is 65.9 Å². The van der Waals surface area contributed by atoms with Crippen LogP contribution in [0.4, 0.5) is 4.39 Å². The molecule has 1 atom stereocenters. The summed E-state index contributed by atoms with van der Waals surface area (Å²) in [7, 11) is 1.28. The van der Waals surface area contributed by atoms with E-state index in [0.29, 0.717) is 23.2 Å². The molecule has 0 bridgehead atoms. The van der Waals surface area contributed by atoms with Gasteiger partial charge in [0.2, 0.25) is 0 Å². The molecule has 2 aromatic rings. The first-order chi connectivity index (χ1) is 16.2. The number of rotatable bonds is 8. The summed E-state index contributed by atoms with van der Waals surface area (Å²) in [5.74, 6) is -3.05. The molecule has 1 aliphatic rings. The third kappa shape index (κ3) is 4.87. The normalized spacial score (nSPS) is 17.5. The third-order valence-electron chi connectivity index (χ3n) is 6.18. The Morgan fingerprint density at radius 1 is 1.09 bits per heavy atom. The molecule has 1 heterocycles. The van der Waals surface area contributed by atoms with E-state index in [1.807, 2.05) is 13.8 Å². The van der Waals surface area contributed by atoms with Crippen LogP contribution in [0.15, 0.2) is 48.0 Å². The number of likely N-dealkylation sites (tertiary alicyclic amines) is 1. The molecule has 1 amide bonds. The number of benzene rings is 2. The van der Waals surface area contributed by atoms with E-state index in [9.17, 15) is 23.9 Å². The Labute approximate surface area is 198 Å². The van der Waals surface area contributed by atoms with Crippen LogP contribution < -0.4 is 0 Å². The van der Waals surface area contributed by atoms with E-state index >= 15 is 0 Å². The minimum absolute atomic E-state index is 0.112. The molecule has 34 heavy (non-hydrogen) atoms. The lowest BCUT2D eigenvalue weighted by Gasteiger charge is -2.28. The number of aliphatic hydroxyl groups excluding tert-OH is 1. The van der Waals surface area contributed by atoms with E-state index in [1.165, 1.54) is 36.3 Å². The van der Waals surface area contributed by atoms with Crippen molar-refractivity contribution in [2.45, 2.75) is 26.8 Å². The number of esters is 1. The summed E-state index contributed by atoms with van der Waals surface area (Å²) in [5.41, 5.74) is 1.25. The highest BCUT2D eigenvalue weighted by Gasteiger charge is 2.46. The van der Waals surface area contributed by atoms with Gasteiger partial charge in [0.25, 0.3) is 11.7 Å². The summed E-state index contributed by atoms with van der Waals surface area (Å²) in [6.07, 6.45) is 0. The zero-order valence-electron chi connectivity index (χ0n) is 19.8. The van der Waals surface area contributed by atoms with Gasteiger partial charge in [-0.1, -0.05) is 38.1 Å². The highest BCUT2D eigenvalue weighted by Crippen LogP contribution is 2.39. The fourth-order valence-electron chi connectivity index (χ4n) is 4.06. The van der Waals surface area contributed by atoms with Gasteiger partial charge in [-0.2, -0.15) is 0 Å². The molecular formula is C26H29FN2O5. The van der Waals surface area contributed by atoms with Crippen LogP contribution in [0.3, 0.4) is 0 Å². The summed E-state index contributed by atoms with van der Waals surface area (Å²) in [5, 5.41) is 11.1. The molecule has 0 saturated carbocycles. The monoisotopic (exact) mass is 468 g/mol. The molecule has 1 unspecified atom stereocenters. The lowest BCUT2D eigenvalue weighted by molar-refractivity contribution is -0.140. The Morgan fingerprint density at radius 3 is 2.26 bits per heavy atom. The molecule has 180 valence electrons. The zero-order valence-corrected chi connectivity index (χ0v) is 19.8. The summed E-state index contributed by atoms with van der Waals surface area (Å²) in [6, 6.07) is 9.59. The molecule has 3 rings (SSSR count). The number of amides is 1. The number of ketones is 1. The Hall–Kier alpha value is -3.52. The van der Waals surface area contributed by atoms with Crippen LogP contribution in [0.1, 0.15) is 46.9 Å². The maximum atomic E-state index is 14.2. The van der Waals surface area contributed by atoms with Crippen molar-refractivity contribution in [2.75, 3.05) is 33.3 Å². The van der Waals surface area contributed by atoms with Gasteiger partial charge in [0, 0.05) is 18.7 Å². The predicted molar refractivity (Wildman–Crippen MR) is 126 cm³/mol. The molecule has 8 heteroatoms. The maximum Gasteiger partial charge on any atom is 0.337 e. The van der Waals surface area contributed by atoms with Crippen LogP contribution in [0.25, 0.3) is 5.76 Å². The van der Waals surface area contributed by atoms with Gasteiger partial charge in [-0.3, -0.25) is 9.59 Å². The first-order valence-corrected chi connectivity index (χ1v) is 11.2. The number of methoxy groups -OCH3 is 1. The number of aryl methyl sites for hydroxylation is 1. The van der Waals surface area contributed by atoms with Gasteiger partial charge in [0.1, 0.15) is 11.6 Å². The number of carbonyl (C=O) groups is 3. The van der Waals surface area contributed by atoms with E-state index in [-0.39, 0.29) is 17.7 Å². The fraction of sp³-hybridized carbons (Fsp3) is 0.346. The highest BCUT2D eigenvalue weighted by atomic mass is 19.1. The third-order valence-corrected chi connectivity index (χ3v) is 6.18. The van der Waals surface area contributed by atoms with Crippen molar-refractivity contribution < 1.29 is 28.6 Å². The summed E-state index contributed by atoms with van der Waals surface area (Å²) in [4.78, 5) is 41.5. The molecular weight excluding hydrogens is 439 g/mol. The van der Waals surface area contributed by atoms with Gasteiger partial charge >= 0.3 is 5.97 Å². The van der Waals surface area contributed by atoms with Gasteiger partial charge in [-0.05, 0) is 49.3 Å². The predicted octanol–water partition coefficient (Wildman–Crippen LogP) is 3.68. The number of ether oxygens (including phenoxy) is 1. The Morgan fingerprint density at radius 2 is 1.71 bits per heavy atom. The van der Waals surface area contributed by atoms with Crippen molar-refractivity contribution in [3.8, 4) is 0 Å². The van der Waals surface area contributed by atoms with Gasteiger partial charge in [-0.25, -0.2) is 9.18 Å². The minimum atomic E-state index is -0.883. The number of aliphatic hydroxyl groups is 1. The molecule has 1 saturated heterocycles. The second kappa shape index (κ2) is 10.6. The molecule has 0 aromatic heterocycles. The molecule has 1 aliphatic heterocycles. The molecule has 0 spiro atoms. The molecule has 0 radical (unpaired) electrons. The number of hydrogen-bond donors (Lipinski definition) is 1. The van der Waals surface area contributed by atoms with Gasteiger partial charge in [0.15, 0.2) is 0 Å². The van der Waals surface area contributed by atoms with E-state index in [2.05, 4.69) is 4.90 Å². The van der Waals surface area contributed by atoms with Crippen molar-refractivity contribution >= 4 is 23.4 Å². The second-order valence-electron chi connectivity index (χ2n) is 8.10. The standard InChI is InChI=1S/C26H29FN2O5/c1-5-28(6-2)13-14-29-22(17-9-11-18(12-10-17)26(33)34-4)21(24(31)25(29)32)23(30)19-8-7-16(3)20(27)15-19/h7-12,15,22,30H,5-6,13-14H2,1-4H3. The van der Waals surface area contributed by atoms with E-state index in [0.717, 1.165) is 19.2 Å². The number of carbonyl (C=O) groups excluding carboxylic acids is 3. The Bertz CT molecular complexity index is 1120. The number of nitrogens with zero attached hydrogens (tertiary/aromatic N) is 2. The zero-order chi connectivity index (χ0) is 25.0. The van der Waals surface area contributed by atoms with E-state index in [4.69, 9.17) is 4.74 Å². The molecule has 0 aliphatic carbocycles. The first-order valence-electron chi connectivity index (χ1n) is 11.2. The van der Waals surface area contributed by atoms with Crippen molar-refractivity contribution in [2.24, 2.45) is 0 Å². The summed E-state index contributed by atoms with van der Waals surface area (Å²) in [6.45, 7) is 7.96. The number of halogens is 1. The average molecular weight is 469 g/mol. The minimum Gasteiger partial charge on any atom is -0.507 e. The number of Topliss-reactive ketones (excluding diaryl/α,β-unsaturated/α-hetero) is 1. The lowest BCUT2D eigenvalue weighted by atomic mass is 9.94. The van der Waals surface area contributed by atoms with Gasteiger partial charge < -0.3 is 19.6 Å². The lowest BCUT2D eigenvalue weighted by Crippen LogP contribution is -2.38. The van der Waals surface area contributed by atoms with E-state index in [1.54, 1.807) is 19.1 Å². The van der Waals surface area contributed by atoms with Crippen molar-refractivity contribution in [3.63, 3.8) is 0 Å². The number of hydrogen-bond acceptors (Lipinski definition) is 6. The highest BCUT2D eigenvalue weighted by molar-refractivity contribution is 6.46. The molecule has 1 N–H and O–H groups in total. The summed E-state index contributed by atoms with van der Waals surface area (Å²) >= 11 is 0. The largest absolute Gasteiger partial charge is 0.507 e.